The summed E-state index contributed by atoms with van der Waals surface area (Å²) >= 11 is 0. The zero-order chi connectivity index (χ0) is 13.0. The van der Waals surface area contributed by atoms with Crippen molar-refractivity contribution in [1.82, 2.24) is 10.2 Å². The van der Waals surface area contributed by atoms with Crippen molar-refractivity contribution in [3.63, 3.8) is 0 Å². The molecule has 0 aromatic heterocycles. The van der Waals surface area contributed by atoms with Crippen LogP contribution in [0.3, 0.4) is 0 Å². The van der Waals surface area contributed by atoms with Gasteiger partial charge in [0.25, 0.3) is 0 Å². The number of piperidine rings is 1. The third-order valence-electron chi connectivity index (χ3n) is 5.44. The van der Waals surface area contributed by atoms with Crippen LogP contribution in [0.15, 0.2) is 0 Å². The zero-order valence-electron chi connectivity index (χ0n) is 12.7. The third-order valence-corrected chi connectivity index (χ3v) is 5.44. The summed E-state index contributed by atoms with van der Waals surface area (Å²) < 4.78 is 0. The summed E-state index contributed by atoms with van der Waals surface area (Å²) in [5.74, 6) is 2.08. The molecule has 3 atom stereocenters. The van der Waals surface area contributed by atoms with Gasteiger partial charge in [-0.3, -0.25) is 0 Å². The Morgan fingerprint density at radius 2 is 1.89 bits per heavy atom. The van der Waals surface area contributed by atoms with Crippen molar-refractivity contribution in [2.75, 3.05) is 33.2 Å². The first-order chi connectivity index (χ1) is 8.67. The van der Waals surface area contributed by atoms with E-state index in [0.717, 1.165) is 18.4 Å². The molecule has 2 nitrogen and oxygen atoms in total. The lowest BCUT2D eigenvalue weighted by atomic mass is 9.74. The summed E-state index contributed by atoms with van der Waals surface area (Å²) in [6, 6.07) is 0. The molecule has 1 N–H and O–H groups in total. The highest BCUT2D eigenvalue weighted by molar-refractivity contribution is 4.87. The van der Waals surface area contributed by atoms with Crippen LogP contribution >= 0.6 is 0 Å². The van der Waals surface area contributed by atoms with E-state index in [-0.39, 0.29) is 0 Å². The molecule has 1 saturated heterocycles. The van der Waals surface area contributed by atoms with Crippen LogP contribution in [-0.2, 0) is 0 Å². The van der Waals surface area contributed by atoms with E-state index in [1.807, 2.05) is 0 Å². The molecule has 0 spiro atoms. The number of hydrogen-bond donors (Lipinski definition) is 1. The molecule has 1 heterocycles. The lowest BCUT2D eigenvalue weighted by Crippen LogP contribution is -2.48. The van der Waals surface area contributed by atoms with Gasteiger partial charge in [-0.25, -0.2) is 0 Å². The molecule has 1 saturated carbocycles. The van der Waals surface area contributed by atoms with Crippen LogP contribution < -0.4 is 5.32 Å². The van der Waals surface area contributed by atoms with Crippen molar-refractivity contribution < 1.29 is 0 Å². The molecule has 106 valence electrons. The molecule has 0 amide bonds. The number of rotatable bonds is 5. The largest absolute Gasteiger partial charge is 0.319 e. The van der Waals surface area contributed by atoms with Crippen molar-refractivity contribution in [2.24, 2.45) is 17.3 Å². The van der Waals surface area contributed by atoms with Gasteiger partial charge in [0.2, 0.25) is 0 Å². The Labute approximate surface area is 114 Å². The number of nitrogens with zero attached hydrogens (tertiary/aromatic N) is 1. The highest BCUT2D eigenvalue weighted by Gasteiger charge is 2.33. The van der Waals surface area contributed by atoms with Crippen LogP contribution in [0.5, 0.6) is 0 Å². The van der Waals surface area contributed by atoms with E-state index in [1.165, 1.54) is 58.2 Å². The normalized spacial score (nSPS) is 32.8. The van der Waals surface area contributed by atoms with Crippen molar-refractivity contribution in [1.29, 1.82) is 0 Å². The van der Waals surface area contributed by atoms with Gasteiger partial charge < -0.3 is 10.2 Å². The molecule has 18 heavy (non-hydrogen) atoms. The summed E-state index contributed by atoms with van der Waals surface area (Å²) in [4.78, 5) is 2.76. The van der Waals surface area contributed by atoms with Gasteiger partial charge in [-0.1, -0.05) is 33.1 Å². The van der Waals surface area contributed by atoms with E-state index < -0.39 is 0 Å². The van der Waals surface area contributed by atoms with Gasteiger partial charge in [0, 0.05) is 19.6 Å². The molecule has 0 radical (unpaired) electrons. The van der Waals surface area contributed by atoms with Crippen molar-refractivity contribution >= 4 is 0 Å². The van der Waals surface area contributed by atoms with Crippen LogP contribution in [0.4, 0.5) is 0 Å². The highest BCUT2D eigenvalue weighted by Crippen LogP contribution is 2.37. The van der Waals surface area contributed by atoms with E-state index in [9.17, 15) is 0 Å². The Kier molecular flexibility index (Phi) is 5.08. The minimum absolute atomic E-state index is 0.455. The molecule has 2 rings (SSSR count). The molecule has 1 aliphatic heterocycles. The maximum atomic E-state index is 3.38. The van der Waals surface area contributed by atoms with Crippen molar-refractivity contribution in [3.8, 4) is 0 Å². The standard InChI is InChI=1S/C16H32N2/c1-4-16(2,12-17-3)13-18-10-9-14-7-5-6-8-15(14)11-18/h14-15,17H,4-13H2,1-3H3. The molecule has 3 unspecified atom stereocenters. The molecule has 2 aliphatic rings. The lowest BCUT2D eigenvalue weighted by Gasteiger charge is -2.44. The fourth-order valence-electron chi connectivity index (χ4n) is 4.08. The van der Waals surface area contributed by atoms with Gasteiger partial charge in [0.05, 0.1) is 0 Å². The van der Waals surface area contributed by atoms with E-state index in [2.05, 4.69) is 31.1 Å². The molecule has 0 bridgehead atoms. The zero-order valence-corrected chi connectivity index (χ0v) is 12.7. The SMILES string of the molecule is CCC(C)(CNC)CN1CCC2CCCCC2C1. The molecule has 1 aliphatic carbocycles. The fourth-order valence-corrected chi connectivity index (χ4v) is 4.08. The summed E-state index contributed by atoms with van der Waals surface area (Å²) in [5, 5.41) is 3.38. The second kappa shape index (κ2) is 6.38. The van der Waals surface area contributed by atoms with Gasteiger partial charge in [0.15, 0.2) is 0 Å². The Bertz CT molecular complexity index is 253. The smallest absolute Gasteiger partial charge is 0.00475 e. The fraction of sp³-hybridized carbons (Fsp3) is 1.00. The Morgan fingerprint density at radius 1 is 1.17 bits per heavy atom. The van der Waals surface area contributed by atoms with Gasteiger partial charge in [-0.2, -0.15) is 0 Å². The lowest BCUT2D eigenvalue weighted by molar-refractivity contribution is 0.0551. The molecular weight excluding hydrogens is 220 g/mol. The van der Waals surface area contributed by atoms with E-state index >= 15 is 0 Å². The van der Waals surface area contributed by atoms with Gasteiger partial charge >= 0.3 is 0 Å². The van der Waals surface area contributed by atoms with Crippen molar-refractivity contribution in [3.05, 3.63) is 0 Å². The summed E-state index contributed by atoms with van der Waals surface area (Å²) in [6.07, 6.45) is 8.72. The number of hydrogen-bond acceptors (Lipinski definition) is 2. The summed E-state index contributed by atoms with van der Waals surface area (Å²) in [5.41, 5.74) is 0.455. The first-order valence-corrected chi connectivity index (χ1v) is 8.04. The maximum Gasteiger partial charge on any atom is 0.00475 e. The van der Waals surface area contributed by atoms with E-state index in [0.29, 0.717) is 5.41 Å². The number of fused-ring (bicyclic) bond motifs is 1. The Hall–Kier alpha value is -0.0800. The topological polar surface area (TPSA) is 15.3 Å². The minimum atomic E-state index is 0.455. The molecule has 2 heteroatoms. The predicted octanol–water partition coefficient (Wildman–Crippen LogP) is 3.13. The third kappa shape index (κ3) is 3.48. The quantitative estimate of drug-likeness (QED) is 0.808. The van der Waals surface area contributed by atoms with Gasteiger partial charge in [0.1, 0.15) is 0 Å². The van der Waals surface area contributed by atoms with Crippen LogP contribution in [0, 0.1) is 17.3 Å². The second-order valence-electron chi connectivity index (χ2n) is 7.02. The van der Waals surface area contributed by atoms with Crippen LogP contribution in [-0.4, -0.2) is 38.1 Å². The number of likely N-dealkylation sites (tertiary alicyclic amines) is 1. The molecule has 2 fully saturated rings. The first kappa shape index (κ1) is 14.3. The molecule has 0 aromatic rings. The average molecular weight is 252 g/mol. The maximum absolute atomic E-state index is 3.38. The predicted molar refractivity (Wildman–Crippen MR) is 78.8 cm³/mol. The minimum Gasteiger partial charge on any atom is -0.319 e. The second-order valence-corrected chi connectivity index (χ2v) is 7.02. The van der Waals surface area contributed by atoms with Gasteiger partial charge in [-0.05, 0) is 50.1 Å². The average Bonchev–Trinajstić information content (AvgIpc) is 2.39. The first-order valence-electron chi connectivity index (χ1n) is 8.04. The van der Waals surface area contributed by atoms with Crippen molar-refractivity contribution in [2.45, 2.75) is 52.4 Å². The van der Waals surface area contributed by atoms with Crippen LogP contribution in [0.2, 0.25) is 0 Å². The van der Waals surface area contributed by atoms with E-state index in [4.69, 9.17) is 0 Å². The molecular formula is C16H32N2. The monoisotopic (exact) mass is 252 g/mol. The summed E-state index contributed by atoms with van der Waals surface area (Å²) in [6.45, 7) is 9.94. The van der Waals surface area contributed by atoms with E-state index in [1.54, 1.807) is 0 Å². The number of nitrogens with one attached hydrogen (secondary N) is 1. The van der Waals surface area contributed by atoms with Crippen LogP contribution in [0.25, 0.3) is 0 Å². The summed E-state index contributed by atoms with van der Waals surface area (Å²) in [7, 11) is 2.08. The Morgan fingerprint density at radius 3 is 2.56 bits per heavy atom. The van der Waals surface area contributed by atoms with Gasteiger partial charge in [-0.15, -0.1) is 0 Å². The molecule has 0 aromatic carbocycles. The Balaban J connectivity index is 1.86. The highest BCUT2D eigenvalue weighted by atomic mass is 15.1. The van der Waals surface area contributed by atoms with Crippen LogP contribution in [0.1, 0.15) is 52.4 Å².